The van der Waals surface area contributed by atoms with Gasteiger partial charge >= 0.3 is 0 Å². The van der Waals surface area contributed by atoms with Crippen molar-refractivity contribution in [1.82, 2.24) is 15.1 Å². The summed E-state index contributed by atoms with van der Waals surface area (Å²) in [6, 6.07) is 7.29. The van der Waals surface area contributed by atoms with Crippen LogP contribution in [0.4, 0.5) is 5.82 Å². The topological polar surface area (TPSA) is 64.3 Å². The number of hydrogen-bond acceptors (Lipinski definition) is 6. The molecule has 0 aliphatic carbocycles. The predicted octanol–water partition coefficient (Wildman–Crippen LogP) is 3.09. The third-order valence-electron chi connectivity index (χ3n) is 3.29. The van der Waals surface area contributed by atoms with Crippen molar-refractivity contribution in [3.63, 3.8) is 0 Å². The van der Waals surface area contributed by atoms with E-state index in [9.17, 15) is 0 Å². The molecule has 0 atom stereocenters. The molecule has 3 rings (SSSR count). The maximum Gasteiger partial charge on any atom is 0.263 e. The molecule has 0 spiro atoms. The summed E-state index contributed by atoms with van der Waals surface area (Å²) in [7, 11) is 1.94. The zero-order valence-electron chi connectivity index (χ0n) is 12.3. The second kappa shape index (κ2) is 6.19. The van der Waals surface area contributed by atoms with Crippen LogP contribution < -0.4 is 9.64 Å². The molecule has 0 fully saturated rings. The summed E-state index contributed by atoms with van der Waals surface area (Å²) in [5.41, 5.74) is 1.27. The summed E-state index contributed by atoms with van der Waals surface area (Å²) in [6.07, 6.45) is 1.47. The summed E-state index contributed by atoms with van der Waals surface area (Å²) >= 11 is 5.84. The summed E-state index contributed by atoms with van der Waals surface area (Å²) in [4.78, 5) is 10.4. The van der Waals surface area contributed by atoms with E-state index in [1.165, 1.54) is 6.33 Å². The van der Waals surface area contributed by atoms with E-state index in [0.29, 0.717) is 23.9 Å². The molecule has 0 aliphatic rings. The Morgan fingerprint density at radius 3 is 2.77 bits per heavy atom. The van der Waals surface area contributed by atoms with Gasteiger partial charge in [0.1, 0.15) is 29.9 Å². The van der Waals surface area contributed by atoms with Crippen LogP contribution in [0.2, 0.25) is 5.02 Å². The first-order valence-electron chi connectivity index (χ1n) is 6.81. The highest BCUT2D eigenvalue weighted by Gasteiger charge is 2.15. The van der Waals surface area contributed by atoms with E-state index in [0.717, 1.165) is 22.6 Å². The van der Waals surface area contributed by atoms with Crippen LogP contribution in [0.25, 0.3) is 11.1 Å². The number of nitrogens with zero attached hydrogens (tertiary/aromatic N) is 4. The smallest absolute Gasteiger partial charge is 0.263 e. The molecular formula is C15H15ClN4O2. The minimum Gasteiger partial charge on any atom is -0.492 e. The molecule has 0 saturated heterocycles. The zero-order valence-corrected chi connectivity index (χ0v) is 13.0. The van der Waals surface area contributed by atoms with Gasteiger partial charge in [-0.25, -0.2) is 4.98 Å². The molecule has 114 valence electrons. The number of hydrogen-bond donors (Lipinski definition) is 0. The fourth-order valence-corrected chi connectivity index (χ4v) is 2.26. The third kappa shape index (κ3) is 2.96. The minimum absolute atomic E-state index is 0.493. The third-order valence-corrected chi connectivity index (χ3v) is 3.55. The van der Waals surface area contributed by atoms with Crippen LogP contribution in [0.3, 0.4) is 0 Å². The van der Waals surface area contributed by atoms with Gasteiger partial charge in [0.2, 0.25) is 0 Å². The average molecular weight is 319 g/mol. The number of aromatic nitrogens is 3. The maximum absolute atomic E-state index is 5.84. The normalized spacial score (nSPS) is 10.9. The van der Waals surface area contributed by atoms with Gasteiger partial charge in [-0.2, -0.15) is 4.98 Å². The Hall–Kier alpha value is -2.34. The lowest BCUT2D eigenvalue weighted by Crippen LogP contribution is -2.25. The fourth-order valence-electron chi connectivity index (χ4n) is 2.13. The largest absolute Gasteiger partial charge is 0.492 e. The molecule has 0 unspecified atom stereocenters. The van der Waals surface area contributed by atoms with Crippen molar-refractivity contribution in [2.45, 2.75) is 6.92 Å². The molecule has 0 saturated carbocycles. The van der Waals surface area contributed by atoms with E-state index in [1.807, 2.05) is 31.0 Å². The van der Waals surface area contributed by atoms with Gasteiger partial charge in [-0.05, 0) is 31.2 Å². The Bertz CT molecular complexity index is 773. The van der Waals surface area contributed by atoms with Crippen molar-refractivity contribution < 1.29 is 9.26 Å². The first kappa shape index (κ1) is 14.6. The fraction of sp³-hybridized carbons (Fsp3) is 0.267. The SMILES string of the molecule is Cc1noc2ncnc(N(C)CCOc3ccc(Cl)cc3)c12. The van der Waals surface area contributed by atoms with Crippen LogP contribution in [-0.2, 0) is 0 Å². The second-order valence-electron chi connectivity index (χ2n) is 4.87. The van der Waals surface area contributed by atoms with Crippen molar-refractivity contribution in [1.29, 1.82) is 0 Å². The van der Waals surface area contributed by atoms with E-state index in [1.54, 1.807) is 12.1 Å². The molecule has 7 heteroatoms. The van der Waals surface area contributed by atoms with Gasteiger partial charge in [0.05, 0.1) is 12.2 Å². The number of rotatable bonds is 5. The number of aryl methyl sites for hydroxylation is 1. The van der Waals surface area contributed by atoms with E-state index in [2.05, 4.69) is 15.1 Å². The van der Waals surface area contributed by atoms with Gasteiger partial charge in [-0.15, -0.1) is 0 Å². The van der Waals surface area contributed by atoms with Crippen LogP contribution in [-0.4, -0.2) is 35.3 Å². The van der Waals surface area contributed by atoms with Crippen LogP contribution in [0, 0.1) is 6.92 Å². The van der Waals surface area contributed by atoms with Crippen LogP contribution >= 0.6 is 11.6 Å². The average Bonchev–Trinajstić information content (AvgIpc) is 2.91. The lowest BCUT2D eigenvalue weighted by Gasteiger charge is -2.18. The van der Waals surface area contributed by atoms with E-state index >= 15 is 0 Å². The molecule has 22 heavy (non-hydrogen) atoms. The molecule has 0 N–H and O–H groups in total. The van der Waals surface area contributed by atoms with Crippen molar-refractivity contribution in [3.05, 3.63) is 41.3 Å². The number of anilines is 1. The first-order valence-corrected chi connectivity index (χ1v) is 7.19. The number of halogens is 1. The Balaban J connectivity index is 1.67. The zero-order chi connectivity index (χ0) is 15.5. The van der Waals surface area contributed by atoms with Crippen molar-refractivity contribution in [2.75, 3.05) is 25.1 Å². The highest BCUT2D eigenvalue weighted by Crippen LogP contribution is 2.24. The molecule has 1 aromatic carbocycles. The molecule has 6 nitrogen and oxygen atoms in total. The maximum atomic E-state index is 5.84. The Labute approximate surface area is 132 Å². The molecular weight excluding hydrogens is 304 g/mol. The van der Waals surface area contributed by atoms with Crippen molar-refractivity contribution in [2.24, 2.45) is 0 Å². The molecule has 0 radical (unpaired) electrons. The Kier molecular flexibility index (Phi) is 4.11. The molecule has 2 heterocycles. The van der Waals surface area contributed by atoms with Gasteiger partial charge < -0.3 is 14.2 Å². The highest BCUT2D eigenvalue weighted by molar-refractivity contribution is 6.30. The molecule has 0 amide bonds. The summed E-state index contributed by atoms with van der Waals surface area (Å²) in [5, 5.41) is 5.45. The van der Waals surface area contributed by atoms with Crippen LogP contribution in [0.5, 0.6) is 5.75 Å². The number of fused-ring (bicyclic) bond motifs is 1. The quantitative estimate of drug-likeness (QED) is 0.720. The predicted molar refractivity (Wildman–Crippen MR) is 84.6 cm³/mol. The summed E-state index contributed by atoms with van der Waals surface area (Å²) in [6.45, 7) is 3.06. The Morgan fingerprint density at radius 1 is 1.23 bits per heavy atom. The number of likely N-dealkylation sites (N-methyl/N-ethyl adjacent to an activating group) is 1. The van der Waals surface area contributed by atoms with Crippen molar-refractivity contribution in [3.8, 4) is 5.75 Å². The second-order valence-corrected chi connectivity index (χ2v) is 5.31. The molecule has 0 aliphatic heterocycles. The standard InChI is InChI=1S/C15H15ClN4O2/c1-10-13-14(17-9-18-15(13)22-19-10)20(2)7-8-21-12-5-3-11(16)4-6-12/h3-6,9H,7-8H2,1-2H3. The minimum atomic E-state index is 0.493. The van der Waals surface area contributed by atoms with Gasteiger partial charge in [0.25, 0.3) is 5.71 Å². The number of ether oxygens (including phenoxy) is 1. The highest BCUT2D eigenvalue weighted by atomic mass is 35.5. The lowest BCUT2D eigenvalue weighted by molar-refractivity contribution is 0.326. The Morgan fingerprint density at radius 2 is 2.00 bits per heavy atom. The van der Waals surface area contributed by atoms with Gasteiger partial charge in [0, 0.05) is 12.1 Å². The van der Waals surface area contributed by atoms with Gasteiger partial charge in [-0.3, -0.25) is 0 Å². The van der Waals surface area contributed by atoms with E-state index < -0.39 is 0 Å². The van der Waals surface area contributed by atoms with Crippen LogP contribution in [0.15, 0.2) is 35.1 Å². The van der Waals surface area contributed by atoms with Crippen molar-refractivity contribution >= 4 is 28.5 Å². The van der Waals surface area contributed by atoms with Gasteiger partial charge in [0.15, 0.2) is 0 Å². The monoisotopic (exact) mass is 318 g/mol. The molecule has 3 aromatic rings. The van der Waals surface area contributed by atoms with E-state index in [-0.39, 0.29) is 0 Å². The summed E-state index contributed by atoms with van der Waals surface area (Å²) in [5.74, 6) is 1.57. The van der Waals surface area contributed by atoms with E-state index in [4.69, 9.17) is 20.9 Å². The summed E-state index contributed by atoms with van der Waals surface area (Å²) < 4.78 is 10.8. The lowest BCUT2D eigenvalue weighted by atomic mass is 10.3. The van der Waals surface area contributed by atoms with Crippen LogP contribution in [0.1, 0.15) is 5.69 Å². The number of benzene rings is 1. The first-order chi connectivity index (χ1) is 10.6. The molecule has 2 aromatic heterocycles. The molecule has 0 bridgehead atoms. The van der Waals surface area contributed by atoms with Gasteiger partial charge in [-0.1, -0.05) is 16.8 Å².